The van der Waals surface area contributed by atoms with Gasteiger partial charge in [0.15, 0.2) is 0 Å². The Hall–Kier alpha value is -2.24. The molecule has 0 N–H and O–H groups in total. The summed E-state index contributed by atoms with van der Waals surface area (Å²) in [5, 5.41) is 0. The molecule has 1 atom stereocenters. The number of carbonyl (C=O) groups excluding carboxylic acids is 2. The van der Waals surface area contributed by atoms with Crippen molar-refractivity contribution < 1.29 is 23.8 Å². The molecule has 0 spiro atoms. The van der Waals surface area contributed by atoms with Gasteiger partial charge in [0.1, 0.15) is 11.9 Å². The highest BCUT2D eigenvalue weighted by molar-refractivity contribution is 5.90. The Balaban J connectivity index is 2.19. The van der Waals surface area contributed by atoms with Crippen LogP contribution in [0.4, 0.5) is 4.79 Å². The zero-order valence-electron chi connectivity index (χ0n) is 11.7. The summed E-state index contributed by atoms with van der Waals surface area (Å²) >= 11 is 0. The van der Waals surface area contributed by atoms with E-state index in [4.69, 9.17) is 9.47 Å². The van der Waals surface area contributed by atoms with Crippen LogP contribution in [0.5, 0.6) is 5.75 Å². The maximum atomic E-state index is 11.6. The SMILES string of the molecule is COC(=O)c1ccc(CN2C[C@H](C)OC2=O)c(OC)c1. The highest BCUT2D eigenvalue weighted by atomic mass is 16.6. The van der Waals surface area contributed by atoms with Crippen molar-refractivity contribution >= 4 is 12.1 Å². The standard InChI is InChI=1S/C14H17NO5/c1-9-7-15(14(17)20-9)8-11-5-4-10(13(16)19-3)6-12(11)18-2/h4-6,9H,7-8H2,1-3H3/t9-/m0/s1. The quantitative estimate of drug-likeness (QED) is 0.787. The van der Waals surface area contributed by atoms with E-state index < -0.39 is 5.97 Å². The van der Waals surface area contributed by atoms with E-state index in [9.17, 15) is 9.59 Å². The summed E-state index contributed by atoms with van der Waals surface area (Å²) in [7, 11) is 2.84. The third kappa shape index (κ3) is 2.84. The van der Waals surface area contributed by atoms with Crippen LogP contribution in [0.25, 0.3) is 0 Å². The highest BCUT2D eigenvalue weighted by Crippen LogP contribution is 2.24. The molecule has 1 fully saturated rings. The molecule has 1 aliphatic rings. The van der Waals surface area contributed by atoms with Gasteiger partial charge in [-0.05, 0) is 19.1 Å². The van der Waals surface area contributed by atoms with E-state index in [1.54, 1.807) is 23.1 Å². The summed E-state index contributed by atoms with van der Waals surface area (Å²) in [6.07, 6.45) is -0.445. The van der Waals surface area contributed by atoms with Gasteiger partial charge in [-0.15, -0.1) is 0 Å². The summed E-state index contributed by atoms with van der Waals surface area (Å²) in [6.45, 7) is 2.77. The van der Waals surface area contributed by atoms with Crippen LogP contribution < -0.4 is 4.74 Å². The third-order valence-corrected chi connectivity index (χ3v) is 3.11. The van der Waals surface area contributed by atoms with E-state index in [-0.39, 0.29) is 12.2 Å². The summed E-state index contributed by atoms with van der Waals surface area (Å²) in [5.74, 6) is 0.115. The molecule has 6 heteroatoms. The third-order valence-electron chi connectivity index (χ3n) is 3.11. The smallest absolute Gasteiger partial charge is 0.410 e. The Kier molecular flexibility index (Phi) is 4.12. The number of benzene rings is 1. The first-order valence-corrected chi connectivity index (χ1v) is 6.26. The predicted octanol–water partition coefficient (Wildman–Crippen LogP) is 1.82. The summed E-state index contributed by atoms with van der Waals surface area (Å²) in [4.78, 5) is 24.7. The van der Waals surface area contributed by atoms with E-state index in [0.717, 1.165) is 5.56 Å². The fourth-order valence-electron chi connectivity index (χ4n) is 2.12. The minimum atomic E-state index is -0.427. The van der Waals surface area contributed by atoms with Gasteiger partial charge in [-0.2, -0.15) is 0 Å². The number of methoxy groups -OCH3 is 2. The van der Waals surface area contributed by atoms with Crippen LogP contribution in [0.1, 0.15) is 22.8 Å². The Morgan fingerprint density at radius 1 is 1.45 bits per heavy atom. The van der Waals surface area contributed by atoms with Crippen LogP contribution in [0.3, 0.4) is 0 Å². The molecule has 1 amide bonds. The first-order valence-electron chi connectivity index (χ1n) is 6.26. The summed E-state index contributed by atoms with van der Waals surface area (Å²) in [5.41, 5.74) is 1.22. The Bertz CT molecular complexity index is 528. The summed E-state index contributed by atoms with van der Waals surface area (Å²) in [6, 6.07) is 5.00. The van der Waals surface area contributed by atoms with E-state index in [1.165, 1.54) is 14.2 Å². The lowest BCUT2D eigenvalue weighted by Gasteiger charge is -2.15. The van der Waals surface area contributed by atoms with Crippen LogP contribution in [-0.2, 0) is 16.0 Å². The molecule has 0 bridgehead atoms. The van der Waals surface area contributed by atoms with Crippen molar-refractivity contribution in [3.8, 4) is 5.75 Å². The van der Waals surface area contributed by atoms with Crippen LogP contribution in [-0.4, -0.2) is 43.8 Å². The summed E-state index contributed by atoms with van der Waals surface area (Å²) < 4.78 is 15.0. The molecule has 108 valence electrons. The second-order valence-corrected chi connectivity index (χ2v) is 4.59. The molecule has 0 radical (unpaired) electrons. The van der Waals surface area contributed by atoms with Crippen LogP contribution >= 0.6 is 0 Å². The number of carbonyl (C=O) groups is 2. The van der Waals surface area contributed by atoms with E-state index in [1.807, 2.05) is 6.92 Å². The van der Waals surface area contributed by atoms with Gasteiger partial charge in [-0.25, -0.2) is 9.59 Å². The Morgan fingerprint density at radius 3 is 2.75 bits per heavy atom. The zero-order chi connectivity index (χ0) is 14.7. The molecule has 20 heavy (non-hydrogen) atoms. The van der Waals surface area contributed by atoms with Crippen molar-refractivity contribution in [3.63, 3.8) is 0 Å². The number of nitrogens with zero attached hydrogens (tertiary/aromatic N) is 1. The number of esters is 1. The van der Waals surface area contributed by atoms with Gasteiger partial charge in [-0.1, -0.05) is 6.07 Å². The molecule has 1 saturated heterocycles. The lowest BCUT2D eigenvalue weighted by molar-refractivity contribution is 0.0600. The molecule has 0 aliphatic carbocycles. The van der Waals surface area contributed by atoms with Gasteiger partial charge in [0.2, 0.25) is 0 Å². The largest absolute Gasteiger partial charge is 0.496 e. The van der Waals surface area contributed by atoms with Crippen molar-refractivity contribution in [2.45, 2.75) is 19.6 Å². The average molecular weight is 279 g/mol. The van der Waals surface area contributed by atoms with E-state index in [2.05, 4.69) is 4.74 Å². The van der Waals surface area contributed by atoms with Gasteiger partial charge in [0.05, 0.1) is 32.9 Å². The molecule has 1 aromatic rings. The Morgan fingerprint density at radius 2 is 2.20 bits per heavy atom. The van der Waals surface area contributed by atoms with Crippen molar-refractivity contribution in [1.82, 2.24) is 4.90 Å². The average Bonchev–Trinajstić information content (AvgIpc) is 2.76. The second-order valence-electron chi connectivity index (χ2n) is 4.59. The van der Waals surface area contributed by atoms with Crippen molar-refractivity contribution in [1.29, 1.82) is 0 Å². The minimum absolute atomic E-state index is 0.108. The van der Waals surface area contributed by atoms with Gasteiger partial charge >= 0.3 is 12.1 Å². The highest BCUT2D eigenvalue weighted by Gasteiger charge is 2.28. The number of amides is 1. The van der Waals surface area contributed by atoms with Gasteiger partial charge < -0.3 is 19.1 Å². The first kappa shape index (κ1) is 14.2. The molecule has 1 aromatic carbocycles. The number of rotatable bonds is 4. The topological polar surface area (TPSA) is 65.1 Å². The second kappa shape index (κ2) is 5.81. The fraction of sp³-hybridized carbons (Fsp3) is 0.429. The van der Waals surface area contributed by atoms with Crippen LogP contribution in [0.15, 0.2) is 18.2 Å². The van der Waals surface area contributed by atoms with Crippen molar-refractivity contribution in [2.75, 3.05) is 20.8 Å². The number of hydrogen-bond donors (Lipinski definition) is 0. The molecule has 2 rings (SSSR count). The maximum absolute atomic E-state index is 11.6. The lowest BCUT2D eigenvalue weighted by Crippen LogP contribution is -2.24. The van der Waals surface area contributed by atoms with Gasteiger partial charge in [-0.3, -0.25) is 0 Å². The molecular weight excluding hydrogens is 262 g/mol. The van der Waals surface area contributed by atoms with Crippen molar-refractivity contribution in [2.24, 2.45) is 0 Å². The van der Waals surface area contributed by atoms with Gasteiger partial charge in [0, 0.05) is 5.56 Å². The monoisotopic (exact) mass is 279 g/mol. The number of cyclic esters (lactones) is 1. The van der Waals surface area contributed by atoms with Crippen LogP contribution in [0.2, 0.25) is 0 Å². The van der Waals surface area contributed by atoms with Crippen LogP contribution in [0, 0.1) is 0 Å². The van der Waals surface area contributed by atoms with Crippen molar-refractivity contribution in [3.05, 3.63) is 29.3 Å². The molecular formula is C14H17NO5. The zero-order valence-corrected chi connectivity index (χ0v) is 11.7. The first-order chi connectivity index (χ1) is 9.55. The predicted molar refractivity (Wildman–Crippen MR) is 70.7 cm³/mol. The Labute approximate surface area is 117 Å². The number of ether oxygens (including phenoxy) is 3. The van der Waals surface area contributed by atoms with Gasteiger partial charge in [0.25, 0.3) is 0 Å². The molecule has 1 aliphatic heterocycles. The normalized spacial score (nSPS) is 17.9. The lowest BCUT2D eigenvalue weighted by atomic mass is 10.1. The minimum Gasteiger partial charge on any atom is -0.496 e. The van der Waals surface area contributed by atoms with E-state index in [0.29, 0.717) is 24.4 Å². The van der Waals surface area contributed by atoms with E-state index >= 15 is 0 Å². The number of hydrogen-bond acceptors (Lipinski definition) is 5. The molecule has 0 aromatic heterocycles. The molecule has 0 unspecified atom stereocenters. The fourth-order valence-corrected chi connectivity index (χ4v) is 2.12. The molecule has 6 nitrogen and oxygen atoms in total. The molecule has 1 heterocycles. The molecule has 0 saturated carbocycles. The maximum Gasteiger partial charge on any atom is 0.410 e.